The topological polar surface area (TPSA) is 108 Å². The summed E-state index contributed by atoms with van der Waals surface area (Å²) < 4.78 is 57.7. The second-order valence-electron chi connectivity index (χ2n) is 10.9. The summed E-state index contributed by atoms with van der Waals surface area (Å²) in [4.78, 5) is 25.1. The molecule has 2 atom stereocenters. The molecule has 2 aromatic carbocycles. The molecular weight excluding hydrogens is 560 g/mol. The number of alkyl halides is 3. The number of nitro benzene ring substituents is 1. The van der Waals surface area contributed by atoms with Gasteiger partial charge in [0.2, 0.25) is 5.91 Å². The van der Waals surface area contributed by atoms with Crippen LogP contribution >= 0.6 is 0 Å². The molecule has 13 heteroatoms. The predicted molar refractivity (Wildman–Crippen MR) is 148 cm³/mol. The van der Waals surface area contributed by atoms with Crippen LogP contribution in [-0.4, -0.2) is 76.7 Å². The molecule has 230 valence electrons. The third kappa shape index (κ3) is 7.88. The van der Waals surface area contributed by atoms with Crippen LogP contribution in [0.3, 0.4) is 0 Å². The number of piperazine rings is 1. The largest absolute Gasteiger partial charge is 0.488 e. The number of amides is 1. The van der Waals surface area contributed by atoms with Crippen molar-refractivity contribution in [2.45, 2.75) is 69.8 Å². The van der Waals surface area contributed by atoms with Gasteiger partial charge in [-0.3, -0.25) is 19.8 Å². The molecule has 5 rings (SSSR count). The summed E-state index contributed by atoms with van der Waals surface area (Å²) in [5, 5.41) is 22.6. The van der Waals surface area contributed by atoms with E-state index < -0.39 is 29.0 Å². The molecule has 2 aromatic rings. The quantitative estimate of drug-likeness (QED) is 0.274. The molecule has 2 fully saturated rings. The Morgan fingerprint density at radius 2 is 1.81 bits per heavy atom. The van der Waals surface area contributed by atoms with Crippen LogP contribution in [0.2, 0.25) is 0 Å². The molecule has 42 heavy (non-hydrogen) atoms. The number of hydrogen-bond acceptors (Lipinski definition) is 7. The Hall–Kier alpha value is -3.45. The van der Waals surface area contributed by atoms with Gasteiger partial charge in [-0.15, -0.1) is 0 Å². The van der Waals surface area contributed by atoms with Gasteiger partial charge in [0, 0.05) is 62.0 Å². The van der Waals surface area contributed by atoms with Crippen molar-refractivity contribution in [1.82, 2.24) is 9.80 Å². The van der Waals surface area contributed by atoms with Gasteiger partial charge >= 0.3 is 6.18 Å². The molecule has 1 amide bonds. The highest BCUT2D eigenvalue weighted by Crippen LogP contribution is 2.38. The summed E-state index contributed by atoms with van der Waals surface area (Å²) in [6.45, 7) is 4.45. The van der Waals surface area contributed by atoms with Crippen molar-refractivity contribution in [3.8, 4) is 5.75 Å². The van der Waals surface area contributed by atoms with Crippen LogP contribution in [0.4, 0.5) is 28.9 Å². The molecule has 2 heterocycles. The predicted octanol–water partition coefficient (Wildman–Crippen LogP) is 5.01. The molecule has 0 radical (unpaired) electrons. The van der Waals surface area contributed by atoms with E-state index in [4.69, 9.17) is 9.84 Å². The maximum absolute atomic E-state index is 13.3. The van der Waals surface area contributed by atoms with Crippen LogP contribution < -0.4 is 10.1 Å². The van der Waals surface area contributed by atoms with Gasteiger partial charge in [0.05, 0.1) is 4.92 Å². The Labute approximate surface area is 241 Å². The van der Waals surface area contributed by atoms with E-state index in [-0.39, 0.29) is 35.6 Å². The number of benzene rings is 2. The summed E-state index contributed by atoms with van der Waals surface area (Å²) >= 11 is 0. The second-order valence-corrected chi connectivity index (χ2v) is 10.9. The molecule has 1 aliphatic carbocycles. The number of ether oxygens (including phenoxy) is 1. The lowest BCUT2D eigenvalue weighted by Gasteiger charge is -2.39. The van der Waals surface area contributed by atoms with E-state index in [1.165, 1.54) is 12.1 Å². The highest BCUT2D eigenvalue weighted by molar-refractivity contribution is 5.77. The Balaban J connectivity index is 0.000000194. The smallest absolute Gasteiger partial charge is 0.423 e. The third-order valence-electron chi connectivity index (χ3n) is 8.11. The van der Waals surface area contributed by atoms with Crippen LogP contribution in [0.25, 0.3) is 0 Å². The van der Waals surface area contributed by atoms with E-state index in [0.717, 1.165) is 68.6 Å². The third-order valence-corrected chi connectivity index (χ3v) is 8.11. The van der Waals surface area contributed by atoms with Gasteiger partial charge in [-0.1, -0.05) is 19.3 Å². The summed E-state index contributed by atoms with van der Waals surface area (Å²) in [7, 11) is 0. The van der Waals surface area contributed by atoms with Crippen LogP contribution in [0.1, 0.15) is 50.2 Å². The number of rotatable bonds is 6. The number of halogens is 4. The monoisotopic (exact) mass is 596 g/mol. The first-order valence-corrected chi connectivity index (χ1v) is 14.2. The fourth-order valence-corrected chi connectivity index (χ4v) is 5.72. The van der Waals surface area contributed by atoms with E-state index in [0.29, 0.717) is 19.5 Å². The maximum atomic E-state index is 13.3. The first-order chi connectivity index (χ1) is 20.0. The fraction of sp³-hybridized carbons (Fsp3) is 0.552. The number of carbonyl (C=O) groups is 1. The number of carbonyl (C=O) groups excluding carboxylic acids is 1. The minimum absolute atomic E-state index is 0.0110. The Bertz CT molecular complexity index is 1250. The average molecular weight is 597 g/mol. The minimum atomic E-state index is -4.73. The highest BCUT2D eigenvalue weighted by atomic mass is 19.4. The highest BCUT2D eigenvalue weighted by Gasteiger charge is 2.38. The normalized spacial score (nSPS) is 20.1. The van der Waals surface area contributed by atoms with E-state index in [1.807, 2.05) is 0 Å². The molecule has 0 bridgehead atoms. The lowest BCUT2D eigenvalue weighted by atomic mass is 9.95. The molecule has 2 unspecified atom stereocenters. The number of anilines is 1. The maximum Gasteiger partial charge on any atom is 0.423 e. The van der Waals surface area contributed by atoms with Crippen LogP contribution in [0.5, 0.6) is 5.75 Å². The van der Waals surface area contributed by atoms with Crippen LogP contribution in [0, 0.1) is 15.9 Å². The van der Waals surface area contributed by atoms with Crippen molar-refractivity contribution < 1.29 is 37.1 Å². The Morgan fingerprint density at radius 3 is 2.43 bits per heavy atom. The van der Waals surface area contributed by atoms with Gasteiger partial charge in [-0.25, -0.2) is 4.39 Å². The van der Waals surface area contributed by atoms with E-state index in [9.17, 15) is 32.5 Å². The van der Waals surface area contributed by atoms with Crippen molar-refractivity contribution in [1.29, 1.82) is 0 Å². The lowest BCUT2D eigenvalue weighted by molar-refractivity contribution is -0.388. The van der Waals surface area contributed by atoms with Crippen molar-refractivity contribution in [3.05, 3.63) is 63.5 Å². The van der Waals surface area contributed by atoms with E-state index >= 15 is 0 Å². The SMILES string of the molecule is CC(C1Cc2cc(F)ccc2O1)N1CCN(C(=O)CO)CC1.O=[N+]([O-])c1ccc(NC2CCCCC2)cc1C(F)(F)F. The number of hydrogen-bond donors (Lipinski definition) is 2. The summed E-state index contributed by atoms with van der Waals surface area (Å²) in [5.41, 5.74) is -0.907. The van der Waals surface area contributed by atoms with Crippen molar-refractivity contribution in [2.75, 3.05) is 38.1 Å². The van der Waals surface area contributed by atoms with E-state index in [1.54, 1.807) is 17.0 Å². The number of nitro groups is 1. The standard InChI is InChI=1S/C16H21FN2O3.C13H15F3N2O2/c1-11(18-4-6-19(7-5-18)16(21)10-20)15-9-12-8-13(17)2-3-14(12)22-15;14-13(15,16)11-8-10(6-7-12(11)18(19)20)17-9-4-2-1-3-5-9/h2-3,8,11,15,20H,4-7,9-10H2,1H3;6-9,17H,1-5H2. The number of aliphatic hydroxyl groups is 1. The summed E-state index contributed by atoms with van der Waals surface area (Å²) in [5.74, 6) is 0.325. The van der Waals surface area contributed by atoms with Crippen molar-refractivity contribution in [2.24, 2.45) is 0 Å². The van der Waals surface area contributed by atoms with Crippen LogP contribution in [0.15, 0.2) is 36.4 Å². The minimum Gasteiger partial charge on any atom is -0.488 e. The van der Waals surface area contributed by atoms with Crippen LogP contribution in [-0.2, 0) is 17.4 Å². The van der Waals surface area contributed by atoms with Crippen molar-refractivity contribution in [3.63, 3.8) is 0 Å². The van der Waals surface area contributed by atoms with Gasteiger partial charge < -0.3 is 20.1 Å². The number of nitrogens with zero attached hydrogens (tertiary/aromatic N) is 3. The summed E-state index contributed by atoms with van der Waals surface area (Å²) in [6.07, 6.45) is 1.07. The van der Waals surface area contributed by atoms with Gasteiger partial charge in [-0.2, -0.15) is 13.2 Å². The zero-order valence-corrected chi connectivity index (χ0v) is 23.4. The first-order valence-electron chi connectivity index (χ1n) is 14.2. The molecule has 2 aliphatic heterocycles. The van der Waals surface area contributed by atoms with Gasteiger partial charge in [-0.05, 0) is 50.1 Å². The molecule has 3 aliphatic rings. The lowest BCUT2D eigenvalue weighted by Crippen LogP contribution is -2.55. The van der Waals surface area contributed by atoms with Gasteiger partial charge in [0.15, 0.2) is 0 Å². The average Bonchev–Trinajstić information content (AvgIpc) is 3.40. The fourth-order valence-electron chi connectivity index (χ4n) is 5.72. The number of fused-ring (bicyclic) bond motifs is 1. The number of nitrogens with one attached hydrogen (secondary N) is 1. The van der Waals surface area contributed by atoms with E-state index in [2.05, 4.69) is 17.1 Å². The molecule has 1 saturated heterocycles. The van der Waals surface area contributed by atoms with Crippen molar-refractivity contribution >= 4 is 17.3 Å². The zero-order valence-electron chi connectivity index (χ0n) is 23.4. The molecule has 0 spiro atoms. The molecular formula is C29H36F4N4O5. The molecule has 1 saturated carbocycles. The zero-order chi connectivity index (χ0) is 30.4. The Morgan fingerprint density at radius 1 is 1.12 bits per heavy atom. The Kier molecular flexibility index (Phi) is 10.3. The molecule has 2 N–H and O–H groups in total. The molecule has 0 aromatic heterocycles. The van der Waals surface area contributed by atoms with Gasteiger partial charge in [0.1, 0.15) is 29.8 Å². The second kappa shape index (κ2) is 13.7. The molecule has 9 nitrogen and oxygen atoms in total. The van der Waals surface area contributed by atoms with Gasteiger partial charge in [0.25, 0.3) is 5.69 Å². The first kappa shape index (κ1) is 31.5. The summed E-state index contributed by atoms with van der Waals surface area (Å²) in [6, 6.07) is 8.07. The number of aliphatic hydroxyl groups excluding tert-OH is 1.